The fraction of sp³-hybridized carbons (Fsp3) is 0.273. The first-order chi connectivity index (χ1) is 12.4. The molecule has 0 atom stereocenters. The highest BCUT2D eigenvalue weighted by Crippen LogP contribution is 2.17. The van der Waals surface area contributed by atoms with Crippen LogP contribution in [0.3, 0.4) is 0 Å². The van der Waals surface area contributed by atoms with Crippen LogP contribution in [0.2, 0.25) is 0 Å². The molecule has 134 valence electrons. The molecule has 0 aromatic heterocycles. The third-order valence-electron chi connectivity index (χ3n) is 3.62. The van der Waals surface area contributed by atoms with Crippen molar-refractivity contribution < 1.29 is 9.53 Å². The van der Waals surface area contributed by atoms with Gasteiger partial charge in [-0.15, -0.1) is 0 Å². The van der Waals surface area contributed by atoms with Crippen LogP contribution < -0.4 is 10.1 Å². The van der Waals surface area contributed by atoms with Crippen molar-refractivity contribution in [1.29, 1.82) is 5.26 Å². The summed E-state index contributed by atoms with van der Waals surface area (Å²) >= 11 is 0. The summed E-state index contributed by atoms with van der Waals surface area (Å²) in [5.41, 5.74) is 3.62. The third-order valence-corrected chi connectivity index (χ3v) is 3.62. The summed E-state index contributed by atoms with van der Waals surface area (Å²) in [5.74, 6) is 0.806. The maximum atomic E-state index is 12.4. The smallest absolute Gasteiger partial charge is 0.266 e. The highest BCUT2D eigenvalue weighted by Gasteiger charge is 2.10. The van der Waals surface area contributed by atoms with E-state index in [1.807, 2.05) is 62.4 Å². The summed E-state index contributed by atoms with van der Waals surface area (Å²) in [5, 5.41) is 12.1. The number of hydrogen-bond acceptors (Lipinski definition) is 3. The highest BCUT2D eigenvalue weighted by molar-refractivity contribution is 6.09. The van der Waals surface area contributed by atoms with Gasteiger partial charge in [-0.1, -0.05) is 32.0 Å². The minimum absolute atomic E-state index is 0.0556. The molecule has 0 aliphatic carbocycles. The lowest BCUT2D eigenvalue weighted by Gasteiger charge is -2.09. The Kier molecular flexibility index (Phi) is 6.57. The van der Waals surface area contributed by atoms with Crippen molar-refractivity contribution in [3.8, 4) is 11.8 Å². The fourth-order valence-corrected chi connectivity index (χ4v) is 2.48. The molecule has 0 saturated carbocycles. The fourth-order valence-electron chi connectivity index (χ4n) is 2.48. The Bertz CT molecular complexity index is 823. The van der Waals surface area contributed by atoms with Gasteiger partial charge in [0.05, 0.1) is 6.61 Å². The van der Waals surface area contributed by atoms with E-state index in [1.54, 1.807) is 6.08 Å². The highest BCUT2D eigenvalue weighted by atomic mass is 16.5. The molecular formula is C22H24N2O2. The van der Waals surface area contributed by atoms with Crippen LogP contribution in [0.1, 0.15) is 30.5 Å². The van der Waals surface area contributed by atoms with Gasteiger partial charge in [-0.25, -0.2) is 0 Å². The number of hydrogen-bond donors (Lipinski definition) is 1. The van der Waals surface area contributed by atoms with Crippen molar-refractivity contribution in [3.63, 3.8) is 0 Å². The van der Waals surface area contributed by atoms with Gasteiger partial charge in [-0.3, -0.25) is 4.79 Å². The number of benzene rings is 2. The maximum absolute atomic E-state index is 12.4. The van der Waals surface area contributed by atoms with E-state index >= 15 is 0 Å². The first-order valence-electron chi connectivity index (χ1n) is 8.61. The Labute approximate surface area is 155 Å². The predicted octanol–water partition coefficient (Wildman–Crippen LogP) is 4.88. The van der Waals surface area contributed by atoms with Crippen LogP contribution in [-0.2, 0) is 4.79 Å². The molecule has 2 rings (SSSR count). The lowest BCUT2D eigenvalue weighted by atomic mass is 10.1. The Morgan fingerprint density at radius 1 is 1.15 bits per heavy atom. The van der Waals surface area contributed by atoms with Gasteiger partial charge < -0.3 is 10.1 Å². The number of carbonyl (C=O) groups excluding carboxylic acids is 1. The molecule has 0 saturated heterocycles. The number of amides is 1. The largest absolute Gasteiger partial charge is 0.493 e. The Morgan fingerprint density at radius 2 is 1.77 bits per heavy atom. The number of nitriles is 1. The SMILES string of the molecule is Cc1cc(C)cc(NC(=O)/C(C#N)=C\c2ccc(OCC(C)C)cc2)c1. The average Bonchev–Trinajstić information content (AvgIpc) is 2.57. The van der Waals surface area contributed by atoms with E-state index in [4.69, 9.17) is 4.74 Å². The van der Waals surface area contributed by atoms with Crippen LogP contribution in [-0.4, -0.2) is 12.5 Å². The molecule has 0 fully saturated rings. The third kappa shape index (κ3) is 5.78. The minimum atomic E-state index is -0.419. The summed E-state index contributed by atoms with van der Waals surface area (Å²) < 4.78 is 5.64. The number of ether oxygens (including phenoxy) is 1. The van der Waals surface area contributed by atoms with E-state index in [-0.39, 0.29) is 5.57 Å². The van der Waals surface area contributed by atoms with E-state index in [1.165, 1.54) is 0 Å². The monoisotopic (exact) mass is 348 g/mol. The summed E-state index contributed by atoms with van der Waals surface area (Å²) in [6.45, 7) is 8.76. The lowest BCUT2D eigenvalue weighted by molar-refractivity contribution is -0.112. The van der Waals surface area contributed by atoms with Crippen molar-refractivity contribution >= 4 is 17.7 Å². The van der Waals surface area contributed by atoms with Crippen LogP contribution in [0.5, 0.6) is 5.75 Å². The van der Waals surface area contributed by atoms with Gasteiger partial charge >= 0.3 is 0 Å². The molecule has 0 bridgehead atoms. The van der Waals surface area contributed by atoms with Gasteiger partial charge in [-0.2, -0.15) is 5.26 Å². The first kappa shape index (κ1) is 19.3. The van der Waals surface area contributed by atoms with Crippen molar-refractivity contribution in [3.05, 3.63) is 64.7 Å². The number of rotatable bonds is 6. The molecular weight excluding hydrogens is 324 g/mol. The van der Waals surface area contributed by atoms with E-state index in [2.05, 4.69) is 19.2 Å². The number of nitrogens with zero attached hydrogens (tertiary/aromatic N) is 1. The number of aryl methyl sites for hydroxylation is 2. The molecule has 0 spiro atoms. The average molecular weight is 348 g/mol. The van der Waals surface area contributed by atoms with Gasteiger partial charge in [0, 0.05) is 5.69 Å². The Balaban J connectivity index is 2.11. The van der Waals surface area contributed by atoms with Gasteiger partial charge in [0.1, 0.15) is 17.4 Å². The van der Waals surface area contributed by atoms with Gasteiger partial charge in [0.25, 0.3) is 5.91 Å². The molecule has 1 N–H and O–H groups in total. The molecule has 4 nitrogen and oxygen atoms in total. The molecule has 2 aromatic rings. The second-order valence-corrected chi connectivity index (χ2v) is 6.77. The summed E-state index contributed by atoms with van der Waals surface area (Å²) in [6, 6.07) is 15.1. The number of nitrogens with one attached hydrogen (secondary N) is 1. The van der Waals surface area contributed by atoms with Crippen LogP contribution in [0.4, 0.5) is 5.69 Å². The van der Waals surface area contributed by atoms with Gasteiger partial charge in [0.2, 0.25) is 0 Å². The second kappa shape index (κ2) is 8.87. The first-order valence-corrected chi connectivity index (χ1v) is 8.61. The summed E-state index contributed by atoms with van der Waals surface area (Å²) in [6.07, 6.45) is 1.57. The molecule has 26 heavy (non-hydrogen) atoms. The molecule has 0 aliphatic rings. The minimum Gasteiger partial charge on any atom is -0.493 e. The normalized spacial score (nSPS) is 11.2. The molecule has 0 heterocycles. The zero-order valence-electron chi connectivity index (χ0n) is 15.7. The van der Waals surface area contributed by atoms with Crippen LogP contribution in [0.15, 0.2) is 48.0 Å². The van der Waals surface area contributed by atoms with Crippen molar-refractivity contribution in [2.24, 2.45) is 5.92 Å². The lowest BCUT2D eigenvalue weighted by Crippen LogP contribution is -2.13. The molecule has 4 heteroatoms. The molecule has 2 aromatic carbocycles. The standard InChI is InChI=1S/C22H24N2O2/c1-15(2)14-26-21-7-5-18(6-8-21)12-19(13-23)22(25)24-20-10-16(3)9-17(4)11-20/h5-12,15H,14H2,1-4H3,(H,24,25)/b19-12-. The predicted molar refractivity (Wildman–Crippen MR) is 105 cm³/mol. The van der Waals surface area contributed by atoms with Crippen molar-refractivity contribution in [2.75, 3.05) is 11.9 Å². The number of carbonyl (C=O) groups is 1. The van der Waals surface area contributed by atoms with E-state index in [9.17, 15) is 10.1 Å². The quantitative estimate of drug-likeness (QED) is 0.597. The summed E-state index contributed by atoms with van der Waals surface area (Å²) in [4.78, 5) is 12.4. The zero-order valence-corrected chi connectivity index (χ0v) is 15.7. The van der Waals surface area contributed by atoms with Gasteiger partial charge in [-0.05, 0) is 66.8 Å². The van der Waals surface area contributed by atoms with E-state index < -0.39 is 5.91 Å². The van der Waals surface area contributed by atoms with Crippen LogP contribution in [0.25, 0.3) is 6.08 Å². The van der Waals surface area contributed by atoms with Crippen LogP contribution in [0, 0.1) is 31.1 Å². The topological polar surface area (TPSA) is 62.1 Å². The van der Waals surface area contributed by atoms with E-state index in [0.717, 1.165) is 22.4 Å². The number of anilines is 1. The second-order valence-electron chi connectivity index (χ2n) is 6.77. The molecule has 0 radical (unpaired) electrons. The molecule has 1 amide bonds. The van der Waals surface area contributed by atoms with Crippen LogP contribution >= 0.6 is 0 Å². The van der Waals surface area contributed by atoms with Crippen molar-refractivity contribution in [2.45, 2.75) is 27.7 Å². The van der Waals surface area contributed by atoms with Crippen molar-refractivity contribution in [1.82, 2.24) is 0 Å². The Hall–Kier alpha value is -3.06. The maximum Gasteiger partial charge on any atom is 0.266 e. The van der Waals surface area contributed by atoms with E-state index in [0.29, 0.717) is 18.2 Å². The Morgan fingerprint density at radius 3 is 2.31 bits per heavy atom. The summed E-state index contributed by atoms with van der Waals surface area (Å²) in [7, 11) is 0. The molecule has 0 aliphatic heterocycles. The zero-order chi connectivity index (χ0) is 19.1. The molecule has 0 unspecified atom stereocenters. The van der Waals surface area contributed by atoms with Gasteiger partial charge in [0.15, 0.2) is 0 Å².